The molecule has 0 radical (unpaired) electrons. The highest BCUT2D eigenvalue weighted by atomic mass is 16.2. The third-order valence-electron chi connectivity index (χ3n) is 3.37. The second-order valence-electron chi connectivity index (χ2n) is 4.80. The zero-order chi connectivity index (χ0) is 24.7. The third-order valence-corrected chi connectivity index (χ3v) is 3.37. The van der Waals surface area contributed by atoms with Crippen molar-refractivity contribution in [3.05, 3.63) is 34.4 Å². The summed E-state index contributed by atoms with van der Waals surface area (Å²) in [7, 11) is 0. The van der Waals surface area contributed by atoms with Gasteiger partial charge in [0.15, 0.2) is 5.78 Å². The van der Waals surface area contributed by atoms with Crippen molar-refractivity contribution in [3.8, 4) is 0 Å². The highest BCUT2D eigenvalue weighted by molar-refractivity contribution is 6.05. The summed E-state index contributed by atoms with van der Waals surface area (Å²) in [5, 5.41) is -0.481. The molecule has 1 aliphatic carbocycles. The predicted octanol–water partition coefficient (Wildman–Crippen LogP) is 1.32. The van der Waals surface area contributed by atoms with Crippen LogP contribution in [-0.4, -0.2) is 21.1 Å². The average Bonchev–Trinajstić information content (AvgIpc) is 2.60. The Bertz CT molecular complexity index is 1210. The molecule has 0 spiro atoms. The first-order valence-corrected chi connectivity index (χ1v) is 6.22. The highest BCUT2D eigenvalue weighted by Gasteiger charge is 2.41. The molecule has 114 valence electrons. The molecule has 0 saturated heterocycles. The second-order valence-corrected chi connectivity index (χ2v) is 4.80. The van der Waals surface area contributed by atoms with Crippen LogP contribution in [0.25, 0.3) is 10.9 Å². The summed E-state index contributed by atoms with van der Waals surface area (Å²) in [4.78, 5) is 42.6. The van der Waals surface area contributed by atoms with E-state index in [0.717, 1.165) is 0 Å². The van der Waals surface area contributed by atoms with Crippen molar-refractivity contribution in [3.63, 3.8) is 0 Å². The van der Waals surface area contributed by atoms with Crippen molar-refractivity contribution in [2.45, 2.75) is 38.4 Å². The molecular formula is C16H17N3O3. The molecule has 22 heavy (non-hydrogen) atoms. The number of nitrogens with two attached hydrogens (primary N) is 1. The van der Waals surface area contributed by atoms with Gasteiger partial charge in [-0.25, -0.2) is 4.98 Å². The summed E-state index contributed by atoms with van der Waals surface area (Å²) < 4.78 is 79.8. The Kier molecular flexibility index (Phi) is 1.46. The number of aryl methyl sites for hydroxylation is 1. The Morgan fingerprint density at radius 1 is 1.41 bits per heavy atom. The van der Waals surface area contributed by atoms with E-state index in [2.05, 4.69) is 4.98 Å². The molecule has 1 atom stereocenters. The van der Waals surface area contributed by atoms with Gasteiger partial charge in [-0.2, -0.15) is 0 Å². The van der Waals surface area contributed by atoms with E-state index in [0.29, 0.717) is 0 Å². The maximum Gasteiger partial charge on any atom is 0.264 e. The number of benzene rings is 1. The standard InChI is InChI=1S/C16H17N3O3/c1-9-18-12-5-3-4-11(17)14(12)15(22)19(9)16(2)7-6-10(20)8-13(16)21/h3-5H,6-8,17H2,1-2H3/i1D3,2D3,6D2,7D2. The van der Waals surface area contributed by atoms with Gasteiger partial charge in [-0.1, -0.05) is 6.07 Å². The number of Topliss-reactive ketones (excluding diaryl/α,β-unsaturated/α-hetero) is 2. The van der Waals surface area contributed by atoms with Gasteiger partial charge in [-0.15, -0.1) is 0 Å². The number of aromatic nitrogens is 2. The van der Waals surface area contributed by atoms with Crippen LogP contribution in [0.2, 0.25) is 0 Å². The van der Waals surface area contributed by atoms with Crippen LogP contribution in [0.1, 0.15) is 45.6 Å². The molecule has 0 bridgehead atoms. The lowest BCUT2D eigenvalue weighted by Gasteiger charge is -2.34. The third kappa shape index (κ3) is 1.94. The number of nitrogens with zero attached hydrogens (tertiary/aromatic N) is 2. The van der Waals surface area contributed by atoms with Crippen molar-refractivity contribution in [2.75, 3.05) is 5.73 Å². The van der Waals surface area contributed by atoms with Gasteiger partial charge in [0.2, 0.25) is 0 Å². The molecule has 3 rings (SSSR count). The summed E-state index contributed by atoms with van der Waals surface area (Å²) in [5.74, 6) is -4.46. The summed E-state index contributed by atoms with van der Waals surface area (Å²) in [6.45, 7) is -7.15. The van der Waals surface area contributed by atoms with Crippen LogP contribution < -0.4 is 11.3 Å². The van der Waals surface area contributed by atoms with Crippen LogP contribution in [0.3, 0.4) is 0 Å². The first kappa shape index (κ1) is 6.73. The van der Waals surface area contributed by atoms with Crippen molar-refractivity contribution >= 4 is 28.2 Å². The van der Waals surface area contributed by atoms with Crippen LogP contribution in [0.4, 0.5) is 5.69 Å². The van der Waals surface area contributed by atoms with E-state index in [1.165, 1.54) is 18.2 Å². The summed E-state index contributed by atoms with van der Waals surface area (Å²) in [6.07, 6.45) is -8.81. The molecular weight excluding hydrogens is 282 g/mol. The van der Waals surface area contributed by atoms with Gasteiger partial charge >= 0.3 is 0 Å². The van der Waals surface area contributed by atoms with E-state index >= 15 is 0 Å². The molecule has 6 nitrogen and oxygen atoms in total. The van der Waals surface area contributed by atoms with Crippen molar-refractivity contribution < 1.29 is 23.3 Å². The lowest BCUT2D eigenvalue weighted by atomic mass is 9.81. The molecule has 1 fully saturated rings. The first-order chi connectivity index (χ1) is 14.3. The van der Waals surface area contributed by atoms with Crippen molar-refractivity contribution in [2.24, 2.45) is 0 Å². The van der Waals surface area contributed by atoms with E-state index < -0.39 is 66.7 Å². The van der Waals surface area contributed by atoms with Crippen LogP contribution >= 0.6 is 0 Å². The number of rotatable bonds is 1. The number of hydrogen-bond donors (Lipinski definition) is 1. The number of anilines is 1. The Labute approximate surface area is 141 Å². The highest BCUT2D eigenvalue weighted by Crippen LogP contribution is 2.30. The maximum atomic E-state index is 13.5. The van der Waals surface area contributed by atoms with Gasteiger partial charge in [0.25, 0.3) is 5.56 Å². The Hall–Kier alpha value is -2.50. The fraction of sp³-hybridized carbons (Fsp3) is 0.375. The largest absolute Gasteiger partial charge is 0.398 e. The maximum absolute atomic E-state index is 13.5. The molecule has 6 heteroatoms. The molecule has 2 N–H and O–H groups in total. The minimum Gasteiger partial charge on any atom is -0.398 e. The lowest BCUT2D eigenvalue weighted by Crippen LogP contribution is -2.49. The zero-order valence-corrected chi connectivity index (χ0v) is 11.1. The van der Waals surface area contributed by atoms with Crippen molar-refractivity contribution in [1.82, 2.24) is 9.55 Å². The monoisotopic (exact) mass is 309 g/mol. The van der Waals surface area contributed by atoms with E-state index in [-0.39, 0.29) is 15.8 Å². The topological polar surface area (TPSA) is 95.0 Å². The van der Waals surface area contributed by atoms with Crippen LogP contribution in [-0.2, 0) is 15.1 Å². The minimum absolute atomic E-state index is 0.127. The molecule has 1 saturated carbocycles. The zero-order valence-electron chi connectivity index (χ0n) is 21.1. The van der Waals surface area contributed by atoms with Gasteiger partial charge in [-0.3, -0.25) is 19.0 Å². The molecule has 1 unspecified atom stereocenters. The van der Waals surface area contributed by atoms with Crippen LogP contribution in [0.15, 0.2) is 23.0 Å². The summed E-state index contributed by atoms with van der Waals surface area (Å²) in [5.41, 5.74) is 0.118. The van der Waals surface area contributed by atoms with Gasteiger partial charge in [0, 0.05) is 25.8 Å². The molecule has 0 amide bonds. The average molecular weight is 309 g/mol. The normalized spacial score (nSPS) is 34.7. The molecule has 1 aliphatic rings. The first-order valence-electron chi connectivity index (χ1n) is 11.2. The quantitative estimate of drug-likeness (QED) is 0.633. The molecule has 1 aromatic carbocycles. The SMILES string of the molecule is [2H]C([2H])([2H])c1nc2cccc(N)c2c(=O)n1C1(C([2H])([2H])[2H])C(=O)CC(=O)C([2H])([2H])C1([2H])[2H]. The Morgan fingerprint density at radius 2 is 2.23 bits per heavy atom. The Balaban J connectivity index is 2.71. The fourth-order valence-electron chi connectivity index (χ4n) is 2.30. The van der Waals surface area contributed by atoms with Gasteiger partial charge in [0.05, 0.1) is 17.3 Å². The molecule has 1 heterocycles. The molecule has 1 aromatic heterocycles. The molecule has 0 aliphatic heterocycles. The number of nitrogen functional groups attached to an aromatic ring is 1. The summed E-state index contributed by atoms with van der Waals surface area (Å²) in [6, 6.07) is 3.79. The number of ketones is 2. The van der Waals surface area contributed by atoms with Crippen LogP contribution in [0, 0.1) is 6.85 Å². The number of fused-ring (bicyclic) bond motifs is 1. The second kappa shape index (κ2) is 4.76. The number of carbonyl (C=O) groups is 2. The van der Waals surface area contributed by atoms with Gasteiger partial charge in [-0.05, 0) is 32.2 Å². The van der Waals surface area contributed by atoms with E-state index in [1.54, 1.807) is 0 Å². The van der Waals surface area contributed by atoms with E-state index in [4.69, 9.17) is 19.4 Å². The minimum atomic E-state index is -3.87. The molecule has 2 aromatic rings. The fourth-order valence-corrected chi connectivity index (χ4v) is 2.30. The number of hydrogen-bond acceptors (Lipinski definition) is 5. The van der Waals surface area contributed by atoms with Gasteiger partial charge in [0.1, 0.15) is 17.1 Å². The van der Waals surface area contributed by atoms with E-state index in [9.17, 15) is 14.4 Å². The summed E-state index contributed by atoms with van der Waals surface area (Å²) >= 11 is 0. The van der Waals surface area contributed by atoms with Crippen LogP contribution in [0.5, 0.6) is 0 Å². The van der Waals surface area contributed by atoms with Gasteiger partial charge < -0.3 is 5.73 Å². The van der Waals surface area contributed by atoms with E-state index in [1.807, 2.05) is 0 Å². The Morgan fingerprint density at radius 3 is 2.95 bits per heavy atom. The number of carbonyl (C=O) groups excluding carboxylic acids is 2. The van der Waals surface area contributed by atoms with Crippen molar-refractivity contribution in [1.29, 1.82) is 0 Å². The lowest BCUT2D eigenvalue weighted by molar-refractivity contribution is -0.136. The predicted molar refractivity (Wildman–Crippen MR) is 82.7 cm³/mol. The smallest absolute Gasteiger partial charge is 0.264 e.